The SMILES string of the molecule is O=C(NCc1ccc(Cl)c(Cl)c1)Nc1nc(CCNC(=O)c2cnccn2)cs1. The van der Waals surface area contributed by atoms with Gasteiger partial charge in [0, 0.05) is 37.3 Å². The number of halogens is 2. The number of thiazole rings is 1. The van der Waals surface area contributed by atoms with Gasteiger partial charge in [0.25, 0.3) is 5.91 Å². The zero-order valence-electron chi connectivity index (χ0n) is 15.0. The Morgan fingerprint density at radius 3 is 2.72 bits per heavy atom. The van der Waals surface area contributed by atoms with Crippen molar-refractivity contribution in [3.63, 3.8) is 0 Å². The van der Waals surface area contributed by atoms with E-state index in [0.717, 1.165) is 11.3 Å². The van der Waals surface area contributed by atoms with Gasteiger partial charge in [-0.25, -0.2) is 14.8 Å². The van der Waals surface area contributed by atoms with E-state index in [1.807, 2.05) is 5.38 Å². The summed E-state index contributed by atoms with van der Waals surface area (Å²) in [6.07, 6.45) is 4.88. The fraction of sp³-hybridized carbons (Fsp3) is 0.167. The van der Waals surface area contributed by atoms with Crippen LogP contribution in [0.4, 0.5) is 9.93 Å². The average Bonchev–Trinajstić information content (AvgIpc) is 3.16. The van der Waals surface area contributed by atoms with Crippen LogP contribution in [0.5, 0.6) is 0 Å². The molecule has 0 saturated heterocycles. The quantitative estimate of drug-likeness (QED) is 0.509. The van der Waals surface area contributed by atoms with Crippen LogP contribution in [0.2, 0.25) is 10.0 Å². The third-order valence-electron chi connectivity index (χ3n) is 3.67. The predicted molar refractivity (Wildman–Crippen MR) is 113 cm³/mol. The van der Waals surface area contributed by atoms with Crippen LogP contribution >= 0.6 is 34.5 Å². The Kier molecular flexibility index (Phi) is 7.34. The normalized spacial score (nSPS) is 10.4. The Balaban J connectivity index is 1.41. The molecule has 0 aliphatic rings. The summed E-state index contributed by atoms with van der Waals surface area (Å²) in [5, 5.41) is 11.3. The van der Waals surface area contributed by atoms with Crippen LogP contribution in [0.1, 0.15) is 21.7 Å². The molecule has 0 aliphatic carbocycles. The van der Waals surface area contributed by atoms with Gasteiger partial charge < -0.3 is 10.6 Å². The van der Waals surface area contributed by atoms with Crippen LogP contribution in [0.15, 0.2) is 42.2 Å². The number of amides is 3. The van der Waals surface area contributed by atoms with Crippen molar-refractivity contribution in [2.45, 2.75) is 13.0 Å². The van der Waals surface area contributed by atoms with Crippen molar-refractivity contribution in [3.8, 4) is 0 Å². The third-order valence-corrected chi connectivity index (χ3v) is 5.22. The van der Waals surface area contributed by atoms with Gasteiger partial charge in [-0.3, -0.25) is 15.1 Å². The van der Waals surface area contributed by atoms with Crippen molar-refractivity contribution in [1.82, 2.24) is 25.6 Å². The molecular formula is C18H16Cl2N6O2S. The molecule has 0 spiro atoms. The fourth-order valence-electron chi connectivity index (χ4n) is 2.26. The van der Waals surface area contributed by atoms with Gasteiger partial charge in [-0.1, -0.05) is 29.3 Å². The number of hydrogen-bond donors (Lipinski definition) is 3. The molecule has 0 unspecified atom stereocenters. The summed E-state index contributed by atoms with van der Waals surface area (Å²) in [4.78, 5) is 36.0. The number of rotatable bonds is 7. The Morgan fingerprint density at radius 1 is 1.10 bits per heavy atom. The third kappa shape index (κ3) is 6.38. The monoisotopic (exact) mass is 450 g/mol. The van der Waals surface area contributed by atoms with E-state index in [-0.39, 0.29) is 17.6 Å². The lowest BCUT2D eigenvalue weighted by atomic mass is 10.2. The molecule has 0 saturated carbocycles. The van der Waals surface area contributed by atoms with Crippen LogP contribution in [0.3, 0.4) is 0 Å². The molecule has 11 heteroatoms. The molecular weight excluding hydrogens is 435 g/mol. The summed E-state index contributed by atoms with van der Waals surface area (Å²) < 4.78 is 0. The van der Waals surface area contributed by atoms with E-state index in [1.54, 1.807) is 18.2 Å². The minimum absolute atomic E-state index is 0.256. The molecule has 29 heavy (non-hydrogen) atoms. The Labute approximate surface area is 180 Å². The average molecular weight is 451 g/mol. The van der Waals surface area contributed by atoms with Gasteiger partial charge in [0.15, 0.2) is 5.13 Å². The lowest BCUT2D eigenvalue weighted by Crippen LogP contribution is -2.28. The second kappa shape index (κ2) is 10.1. The van der Waals surface area contributed by atoms with E-state index < -0.39 is 0 Å². The molecule has 0 bridgehead atoms. The second-order valence-corrected chi connectivity index (χ2v) is 7.47. The predicted octanol–water partition coefficient (Wildman–Crippen LogP) is 3.53. The molecule has 2 heterocycles. The molecule has 3 N–H and O–H groups in total. The van der Waals surface area contributed by atoms with Crippen molar-refractivity contribution in [2.75, 3.05) is 11.9 Å². The van der Waals surface area contributed by atoms with Crippen molar-refractivity contribution < 1.29 is 9.59 Å². The zero-order chi connectivity index (χ0) is 20.6. The number of carbonyl (C=O) groups excluding carboxylic acids is 2. The van der Waals surface area contributed by atoms with Gasteiger partial charge in [-0.2, -0.15) is 0 Å². The zero-order valence-corrected chi connectivity index (χ0v) is 17.3. The number of hydrogen-bond acceptors (Lipinski definition) is 6. The minimum Gasteiger partial charge on any atom is -0.350 e. The lowest BCUT2D eigenvalue weighted by Gasteiger charge is -2.06. The highest BCUT2D eigenvalue weighted by Crippen LogP contribution is 2.22. The summed E-state index contributed by atoms with van der Waals surface area (Å²) in [6, 6.07) is 4.77. The molecule has 0 atom stereocenters. The van der Waals surface area contributed by atoms with Crippen molar-refractivity contribution in [2.24, 2.45) is 0 Å². The van der Waals surface area contributed by atoms with Crippen LogP contribution in [-0.2, 0) is 13.0 Å². The molecule has 1 aromatic carbocycles. The first-order chi connectivity index (χ1) is 14.0. The van der Waals surface area contributed by atoms with E-state index in [0.29, 0.717) is 34.7 Å². The van der Waals surface area contributed by atoms with Crippen LogP contribution < -0.4 is 16.0 Å². The van der Waals surface area contributed by atoms with Crippen LogP contribution in [0.25, 0.3) is 0 Å². The molecule has 3 aromatic rings. The first-order valence-electron chi connectivity index (χ1n) is 8.48. The maximum Gasteiger partial charge on any atom is 0.321 e. The fourth-order valence-corrected chi connectivity index (χ4v) is 3.32. The minimum atomic E-state index is -0.382. The summed E-state index contributed by atoms with van der Waals surface area (Å²) in [5.41, 5.74) is 1.84. The van der Waals surface area contributed by atoms with E-state index in [9.17, 15) is 9.59 Å². The van der Waals surface area contributed by atoms with E-state index in [2.05, 4.69) is 30.9 Å². The maximum atomic E-state index is 12.0. The van der Waals surface area contributed by atoms with Gasteiger partial charge in [0.1, 0.15) is 5.69 Å². The highest BCUT2D eigenvalue weighted by atomic mass is 35.5. The van der Waals surface area contributed by atoms with Crippen molar-refractivity contribution >= 4 is 51.6 Å². The maximum absolute atomic E-state index is 12.0. The first-order valence-corrected chi connectivity index (χ1v) is 10.1. The molecule has 0 fully saturated rings. The number of carbonyl (C=O) groups is 2. The second-order valence-electron chi connectivity index (χ2n) is 5.80. The van der Waals surface area contributed by atoms with Gasteiger partial charge >= 0.3 is 6.03 Å². The highest BCUT2D eigenvalue weighted by Gasteiger charge is 2.09. The number of urea groups is 1. The van der Waals surface area contributed by atoms with Gasteiger partial charge in [-0.05, 0) is 17.7 Å². The molecule has 3 rings (SSSR count). The van der Waals surface area contributed by atoms with Crippen molar-refractivity contribution in [1.29, 1.82) is 0 Å². The summed E-state index contributed by atoms with van der Waals surface area (Å²) in [6.45, 7) is 0.692. The topological polar surface area (TPSA) is 109 Å². The first kappa shape index (κ1) is 21.0. The Hall–Kier alpha value is -2.75. The molecule has 8 nitrogen and oxygen atoms in total. The highest BCUT2D eigenvalue weighted by molar-refractivity contribution is 7.13. The number of anilines is 1. The smallest absolute Gasteiger partial charge is 0.321 e. The molecule has 3 amide bonds. The lowest BCUT2D eigenvalue weighted by molar-refractivity contribution is 0.0948. The molecule has 0 aliphatic heterocycles. The number of benzene rings is 1. The van der Waals surface area contributed by atoms with Crippen LogP contribution in [0, 0.1) is 0 Å². The van der Waals surface area contributed by atoms with Crippen LogP contribution in [-0.4, -0.2) is 33.4 Å². The van der Waals surface area contributed by atoms with E-state index >= 15 is 0 Å². The summed E-state index contributed by atoms with van der Waals surface area (Å²) in [5.74, 6) is -0.298. The number of nitrogens with zero attached hydrogens (tertiary/aromatic N) is 3. The van der Waals surface area contributed by atoms with Gasteiger partial charge in [0.2, 0.25) is 0 Å². The summed E-state index contributed by atoms with van der Waals surface area (Å²) in [7, 11) is 0. The number of nitrogens with one attached hydrogen (secondary N) is 3. The standard InChI is InChI=1S/C18H16Cl2N6O2S/c19-13-2-1-11(7-14(13)20)8-24-17(28)26-18-25-12(10-29-18)3-4-23-16(27)15-9-21-5-6-22-15/h1-2,5-7,9-10H,3-4,8H2,(H,23,27)(H2,24,25,26,28). The Morgan fingerprint density at radius 2 is 1.97 bits per heavy atom. The summed E-state index contributed by atoms with van der Waals surface area (Å²) >= 11 is 13.1. The Bertz CT molecular complexity index is 999. The van der Waals surface area contributed by atoms with E-state index in [4.69, 9.17) is 23.2 Å². The van der Waals surface area contributed by atoms with Crippen molar-refractivity contribution in [3.05, 3.63) is 69.2 Å². The van der Waals surface area contributed by atoms with Gasteiger partial charge in [-0.15, -0.1) is 11.3 Å². The largest absolute Gasteiger partial charge is 0.350 e. The number of aromatic nitrogens is 3. The molecule has 2 aromatic heterocycles. The van der Waals surface area contributed by atoms with Gasteiger partial charge in [0.05, 0.1) is 21.9 Å². The molecule has 150 valence electrons. The molecule has 0 radical (unpaired) electrons. The van der Waals surface area contributed by atoms with E-state index in [1.165, 1.54) is 29.9 Å².